The fraction of sp³-hybridized carbons (Fsp3) is 0.240. The first kappa shape index (κ1) is 23.3. The molecule has 0 saturated carbocycles. The quantitative estimate of drug-likeness (QED) is 0.499. The van der Waals surface area contributed by atoms with Gasteiger partial charge in [0.2, 0.25) is 0 Å². The molecule has 0 bridgehead atoms. The number of benzene rings is 3. The van der Waals surface area contributed by atoms with Crippen LogP contribution in [-0.4, -0.2) is 27.4 Å². The summed E-state index contributed by atoms with van der Waals surface area (Å²) in [6.07, 6.45) is 0. The van der Waals surface area contributed by atoms with Crippen molar-refractivity contribution >= 4 is 27.3 Å². The van der Waals surface area contributed by atoms with E-state index in [4.69, 9.17) is 0 Å². The van der Waals surface area contributed by atoms with Crippen LogP contribution in [0.2, 0.25) is 0 Å². The van der Waals surface area contributed by atoms with Crippen LogP contribution >= 0.6 is 0 Å². The van der Waals surface area contributed by atoms with Crippen molar-refractivity contribution in [2.75, 3.05) is 22.7 Å². The molecule has 3 aromatic carbocycles. The van der Waals surface area contributed by atoms with E-state index < -0.39 is 10.0 Å². The van der Waals surface area contributed by atoms with Crippen LogP contribution in [-0.2, 0) is 16.6 Å². The maximum atomic E-state index is 12.6. The molecular weight excluding hydrogens is 422 g/mol. The lowest BCUT2D eigenvalue weighted by Crippen LogP contribution is -2.23. The van der Waals surface area contributed by atoms with Crippen molar-refractivity contribution in [3.63, 3.8) is 0 Å². The highest BCUT2D eigenvalue weighted by Gasteiger charge is 2.16. The van der Waals surface area contributed by atoms with E-state index in [0.29, 0.717) is 23.4 Å². The Morgan fingerprint density at radius 2 is 1.56 bits per heavy atom. The van der Waals surface area contributed by atoms with Crippen molar-refractivity contribution in [1.29, 1.82) is 0 Å². The molecule has 0 atom stereocenters. The van der Waals surface area contributed by atoms with Gasteiger partial charge in [-0.15, -0.1) is 0 Å². The number of carbonyl (C=O) groups is 1. The second kappa shape index (κ2) is 10.3. The number of hydrogen-bond donors (Lipinski definition) is 2. The highest BCUT2D eigenvalue weighted by Crippen LogP contribution is 2.21. The van der Waals surface area contributed by atoms with Gasteiger partial charge < -0.3 is 10.2 Å². The molecule has 1 amide bonds. The molecular formula is C25H29N3O3S. The summed E-state index contributed by atoms with van der Waals surface area (Å²) in [7, 11) is -3.68. The maximum Gasteiger partial charge on any atom is 0.261 e. The Morgan fingerprint density at radius 3 is 2.16 bits per heavy atom. The molecule has 0 fully saturated rings. The molecule has 0 radical (unpaired) electrons. The molecule has 0 spiro atoms. The van der Waals surface area contributed by atoms with Crippen LogP contribution in [0.4, 0.5) is 11.4 Å². The fourth-order valence-corrected chi connectivity index (χ4v) is 4.57. The molecule has 3 rings (SSSR count). The molecule has 2 N–H and O–H groups in total. The number of aryl methyl sites for hydroxylation is 1. The van der Waals surface area contributed by atoms with E-state index in [-0.39, 0.29) is 10.8 Å². The van der Waals surface area contributed by atoms with E-state index in [2.05, 4.69) is 40.9 Å². The number of nitrogens with one attached hydrogen (secondary N) is 2. The Kier molecular flexibility index (Phi) is 7.53. The van der Waals surface area contributed by atoms with E-state index in [1.165, 1.54) is 12.1 Å². The van der Waals surface area contributed by atoms with Gasteiger partial charge in [-0.05, 0) is 74.4 Å². The van der Waals surface area contributed by atoms with E-state index in [0.717, 1.165) is 24.3 Å². The van der Waals surface area contributed by atoms with Crippen LogP contribution < -0.4 is 14.9 Å². The van der Waals surface area contributed by atoms with Crippen LogP contribution in [0.25, 0.3) is 0 Å². The van der Waals surface area contributed by atoms with E-state index in [1.54, 1.807) is 43.3 Å². The van der Waals surface area contributed by atoms with Crippen molar-refractivity contribution in [1.82, 2.24) is 5.32 Å². The summed E-state index contributed by atoms with van der Waals surface area (Å²) >= 11 is 0. The Morgan fingerprint density at radius 1 is 0.906 bits per heavy atom. The van der Waals surface area contributed by atoms with Crippen molar-refractivity contribution in [3.05, 3.63) is 89.5 Å². The zero-order valence-corrected chi connectivity index (χ0v) is 19.4. The van der Waals surface area contributed by atoms with Gasteiger partial charge in [0.1, 0.15) is 0 Å². The number of carbonyl (C=O) groups excluding carboxylic acids is 1. The average Bonchev–Trinajstić information content (AvgIpc) is 2.81. The first-order valence-corrected chi connectivity index (χ1v) is 12.1. The molecule has 0 unspecified atom stereocenters. The fourth-order valence-electron chi connectivity index (χ4n) is 3.42. The summed E-state index contributed by atoms with van der Waals surface area (Å²) in [5.74, 6) is -0.210. The minimum Gasteiger partial charge on any atom is -0.372 e. The molecule has 0 heterocycles. The molecule has 0 saturated heterocycles. The first-order valence-electron chi connectivity index (χ1n) is 10.6. The Balaban J connectivity index is 1.64. The minimum atomic E-state index is -3.68. The van der Waals surface area contributed by atoms with Gasteiger partial charge in [-0.2, -0.15) is 0 Å². The summed E-state index contributed by atoms with van der Waals surface area (Å²) < 4.78 is 27.7. The molecule has 0 aliphatic carbocycles. The zero-order valence-electron chi connectivity index (χ0n) is 18.6. The van der Waals surface area contributed by atoms with Gasteiger partial charge in [0, 0.05) is 30.9 Å². The lowest BCUT2D eigenvalue weighted by Gasteiger charge is -2.21. The standard InChI is InChI=1S/C25H29N3O3S/c1-4-28(5-2)22-14-11-20(12-15-22)18-26-25(29)21-13-16-24(19(3)17-21)27-32(30,31)23-9-7-6-8-10-23/h6-17,27H,4-5,18H2,1-3H3,(H,26,29). The molecule has 6 nitrogen and oxygen atoms in total. The largest absolute Gasteiger partial charge is 0.372 e. The molecule has 7 heteroatoms. The number of amides is 1. The minimum absolute atomic E-state index is 0.188. The lowest BCUT2D eigenvalue weighted by molar-refractivity contribution is 0.0951. The van der Waals surface area contributed by atoms with Crippen LogP contribution in [0.15, 0.2) is 77.7 Å². The Bertz CT molecular complexity index is 1160. The van der Waals surface area contributed by atoms with Gasteiger partial charge in [-0.25, -0.2) is 8.42 Å². The average molecular weight is 452 g/mol. The highest BCUT2D eigenvalue weighted by atomic mass is 32.2. The van der Waals surface area contributed by atoms with Gasteiger partial charge in [-0.3, -0.25) is 9.52 Å². The first-order chi connectivity index (χ1) is 15.3. The third-order valence-electron chi connectivity index (χ3n) is 5.30. The topological polar surface area (TPSA) is 78.5 Å². The van der Waals surface area contributed by atoms with Gasteiger partial charge in [0.15, 0.2) is 0 Å². The van der Waals surface area contributed by atoms with Crippen molar-refractivity contribution < 1.29 is 13.2 Å². The van der Waals surface area contributed by atoms with Crippen molar-refractivity contribution in [3.8, 4) is 0 Å². The van der Waals surface area contributed by atoms with E-state index in [1.807, 2.05) is 12.1 Å². The van der Waals surface area contributed by atoms with E-state index in [9.17, 15) is 13.2 Å². The Hall–Kier alpha value is -3.32. The number of nitrogens with zero attached hydrogens (tertiary/aromatic N) is 1. The third kappa shape index (κ3) is 5.68. The zero-order chi connectivity index (χ0) is 23.1. The number of sulfonamides is 1. The number of rotatable bonds is 9. The van der Waals surface area contributed by atoms with Crippen LogP contribution in [0.3, 0.4) is 0 Å². The second-order valence-electron chi connectivity index (χ2n) is 7.47. The molecule has 32 heavy (non-hydrogen) atoms. The predicted molar refractivity (Wildman–Crippen MR) is 130 cm³/mol. The Labute approximate surface area is 190 Å². The summed E-state index contributed by atoms with van der Waals surface area (Å²) in [4.78, 5) is 15.0. The molecule has 0 aromatic heterocycles. The van der Waals surface area contributed by atoms with Gasteiger partial charge in [-0.1, -0.05) is 30.3 Å². The molecule has 168 valence electrons. The van der Waals surface area contributed by atoms with Crippen molar-refractivity contribution in [2.24, 2.45) is 0 Å². The number of anilines is 2. The van der Waals surface area contributed by atoms with Gasteiger partial charge >= 0.3 is 0 Å². The molecule has 0 aliphatic heterocycles. The summed E-state index contributed by atoms with van der Waals surface area (Å²) in [6.45, 7) is 8.33. The summed E-state index contributed by atoms with van der Waals surface area (Å²) in [6, 6.07) is 21.2. The van der Waals surface area contributed by atoms with Crippen molar-refractivity contribution in [2.45, 2.75) is 32.2 Å². The van der Waals surface area contributed by atoms with Crippen LogP contribution in [0, 0.1) is 6.92 Å². The highest BCUT2D eigenvalue weighted by molar-refractivity contribution is 7.92. The van der Waals surface area contributed by atoms with E-state index >= 15 is 0 Å². The monoisotopic (exact) mass is 451 g/mol. The normalized spacial score (nSPS) is 11.1. The second-order valence-corrected chi connectivity index (χ2v) is 9.15. The predicted octanol–water partition coefficient (Wildman–Crippen LogP) is 4.57. The lowest BCUT2D eigenvalue weighted by atomic mass is 10.1. The SMILES string of the molecule is CCN(CC)c1ccc(CNC(=O)c2ccc(NS(=O)(=O)c3ccccc3)c(C)c2)cc1. The van der Waals surface area contributed by atoms with Crippen LogP contribution in [0.5, 0.6) is 0 Å². The third-order valence-corrected chi connectivity index (χ3v) is 6.69. The maximum absolute atomic E-state index is 12.6. The van der Waals surface area contributed by atoms with Gasteiger partial charge in [0.25, 0.3) is 15.9 Å². The van der Waals surface area contributed by atoms with Crippen LogP contribution in [0.1, 0.15) is 35.3 Å². The molecule has 0 aliphatic rings. The van der Waals surface area contributed by atoms with Gasteiger partial charge in [0.05, 0.1) is 10.6 Å². The summed E-state index contributed by atoms with van der Waals surface area (Å²) in [5, 5.41) is 2.92. The molecule has 3 aromatic rings. The summed E-state index contributed by atoms with van der Waals surface area (Å²) in [5.41, 5.74) is 3.76. The smallest absolute Gasteiger partial charge is 0.261 e. The number of hydrogen-bond acceptors (Lipinski definition) is 4.